The predicted molar refractivity (Wildman–Crippen MR) is 92.3 cm³/mol. The molecule has 0 saturated heterocycles. The van der Waals surface area contributed by atoms with E-state index in [4.69, 9.17) is 10.5 Å². The second kappa shape index (κ2) is 8.51. The molecule has 5 N–H and O–H groups in total. The van der Waals surface area contributed by atoms with Gasteiger partial charge in [0.15, 0.2) is 6.61 Å². The summed E-state index contributed by atoms with van der Waals surface area (Å²) in [5.74, 6) is -0.501. The minimum Gasteiger partial charge on any atom is -0.482 e. The molecule has 0 unspecified atom stereocenters. The highest BCUT2D eigenvalue weighted by molar-refractivity contribution is 5.98. The van der Waals surface area contributed by atoms with Crippen LogP contribution in [-0.2, 0) is 14.4 Å². The first kappa shape index (κ1) is 19.7. The Balaban J connectivity index is 0.00000288. The third-order valence-electron chi connectivity index (χ3n) is 3.34. The Bertz CT molecular complexity index is 636. The molecule has 1 aliphatic heterocycles. The molecule has 0 spiro atoms. The minimum atomic E-state index is -0.649. The highest BCUT2D eigenvalue weighted by atomic mass is 35.5. The zero-order valence-electron chi connectivity index (χ0n) is 13.4. The van der Waals surface area contributed by atoms with Crippen molar-refractivity contribution >= 4 is 41.5 Å². The van der Waals surface area contributed by atoms with E-state index >= 15 is 0 Å². The van der Waals surface area contributed by atoms with Crippen LogP contribution in [0.3, 0.4) is 0 Å². The summed E-state index contributed by atoms with van der Waals surface area (Å²) in [6, 6.07) is 4.22. The average Bonchev–Trinajstić information content (AvgIpc) is 2.51. The molecule has 1 heterocycles. The van der Waals surface area contributed by atoms with Crippen LogP contribution in [0.25, 0.3) is 0 Å². The monoisotopic (exact) mass is 356 g/mol. The van der Waals surface area contributed by atoms with Crippen LogP contribution in [0.1, 0.15) is 13.8 Å². The molecule has 0 radical (unpaired) electrons. The van der Waals surface area contributed by atoms with E-state index in [1.807, 2.05) is 13.8 Å². The van der Waals surface area contributed by atoms with Gasteiger partial charge in [-0.15, -0.1) is 12.4 Å². The molecule has 0 aromatic heterocycles. The highest BCUT2D eigenvalue weighted by Gasteiger charge is 2.18. The van der Waals surface area contributed by atoms with Crippen LogP contribution < -0.4 is 26.4 Å². The SMILES string of the molecule is CC(C)[C@H](N)C(=O)NCC(=O)Nc1ccc2c(c1)OCC(=O)N2.Cl. The molecule has 9 heteroatoms. The lowest BCUT2D eigenvalue weighted by atomic mass is 10.1. The Morgan fingerprint density at radius 2 is 2.08 bits per heavy atom. The van der Waals surface area contributed by atoms with Gasteiger partial charge in [-0.1, -0.05) is 13.8 Å². The van der Waals surface area contributed by atoms with Crippen molar-refractivity contribution in [1.82, 2.24) is 5.32 Å². The topological polar surface area (TPSA) is 123 Å². The van der Waals surface area contributed by atoms with Gasteiger partial charge < -0.3 is 26.4 Å². The van der Waals surface area contributed by atoms with Gasteiger partial charge in [-0.3, -0.25) is 14.4 Å². The summed E-state index contributed by atoms with van der Waals surface area (Å²) in [7, 11) is 0. The fraction of sp³-hybridized carbons (Fsp3) is 0.400. The zero-order chi connectivity index (χ0) is 17.0. The molecular weight excluding hydrogens is 336 g/mol. The predicted octanol–water partition coefficient (Wildman–Crippen LogP) is 0.477. The number of carbonyl (C=O) groups excluding carboxylic acids is 3. The van der Waals surface area contributed by atoms with E-state index in [9.17, 15) is 14.4 Å². The van der Waals surface area contributed by atoms with Gasteiger partial charge in [0, 0.05) is 11.8 Å². The largest absolute Gasteiger partial charge is 0.482 e. The highest BCUT2D eigenvalue weighted by Crippen LogP contribution is 2.30. The summed E-state index contributed by atoms with van der Waals surface area (Å²) in [6.45, 7) is 3.42. The third kappa shape index (κ3) is 5.10. The van der Waals surface area contributed by atoms with E-state index in [1.165, 1.54) is 0 Å². The van der Waals surface area contributed by atoms with E-state index < -0.39 is 6.04 Å². The molecule has 24 heavy (non-hydrogen) atoms. The van der Waals surface area contributed by atoms with Crippen molar-refractivity contribution in [3.8, 4) is 5.75 Å². The molecular formula is C15H21ClN4O4. The number of carbonyl (C=O) groups is 3. The number of halogens is 1. The quantitative estimate of drug-likeness (QED) is 0.611. The maximum atomic E-state index is 11.9. The van der Waals surface area contributed by atoms with Crippen molar-refractivity contribution in [2.75, 3.05) is 23.8 Å². The zero-order valence-corrected chi connectivity index (χ0v) is 14.2. The molecule has 1 aromatic carbocycles. The molecule has 8 nitrogen and oxygen atoms in total. The Hall–Kier alpha value is -2.32. The standard InChI is InChI=1S/C15H20N4O4.ClH/c1-8(2)14(16)15(22)17-6-12(20)18-9-3-4-10-11(5-9)23-7-13(21)19-10;/h3-5,8,14H,6-7,16H2,1-2H3,(H,17,22)(H,18,20)(H,19,21);1H/t14-;/m0./s1. The summed E-state index contributed by atoms with van der Waals surface area (Å²) in [4.78, 5) is 34.7. The first-order valence-electron chi connectivity index (χ1n) is 7.26. The van der Waals surface area contributed by atoms with Crippen molar-refractivity contribution in [3.63, 3.8) is 0 Å². The first-order valence-corrected chi connectivity index (χ1v) is 7.26. The van der Waals surface area contributed by atoms with Gasteiger partial charge >= 0.3 is 0 Å². The second-order valence-corrected chi connectivity index (χ2v) is 5.58. The maximum absolute atomic E-state index is 11.9. The second-order valence-electron chi connectivity index (χ2n) is 5.58. The Kier molecular flexibility index (Phi) is 6.99. The number of rotatable bonds is 5. The molecule has 0 aliphatic carbocycles. The Morgan fingerprint density at radius 1 is 1.38 bits per heavy atom. The molecule has 1 aromatic rings. The summed E-state index contributed by atoms with van der Waals surface area (Å²) in [5.41, 5.74) is 6.75. The molecule has 1 atom stereocenters. The lowest BCUT2D eigenvalue weighted by molar-refractivity contribution is -0.125. The molecule has 0 saturated carbocycles. The number of nitrogens with one attached hydrogen (secondary N) is 3. The number of fused-ring (bicyclic) bond motifs is 1. The number of hydrogen-bond donors (Lipinski definition) is 4. The smallest absolute Gasteiger partial charge is 0.262 e. The van der Waals surface area contributed by atoms with Gasteiger partial charge in [-0.2, -0.15) is 0 Å². The number of anilines is 2. The van der Waals surface area contributed by atoms with Gasteiger partial charge in [-0.05, 0) is 18.1 Å². The van der Waals surface area contributed by atoms with Crippen molar-refractivity contribution in [2.45, 2.75) is 19.9 Å². The van der Waals surface area contributed by atoms with Gasteiger partial charge in [-0.25, -0.2) is 0 Å². The Labute approximate surface area is 145 Å². The van der Waals surface area contributed by atoms with Crippen LogP contribution in [0.5, 0.6) is 5.75 Å². The van der Waals surface area contributed by atoms with Crippen molar-refractivity contribution in [2.24, 2.45) is 11.7 Å². The van der Waals surface area contributed by atoms with Gasteiger partial charge in [0.05, 0.1) is 18.3 Å². The number of ether oxygens (including phenoxy) is 1. The van der Waals surface area contributed by atoms with Crippen LogP contribution in [-0.4, -0.2) is 36.9 Å². The van der Waals surface area contributed by atoms with E-state index in [-0.39, 0.29) is 49.2 Å². The minimum absolute atomic E-state index is 0. The molecule has 0 fully saturated rings. The Morgan fingerprint density at radius 3 is 2.75 bits per heavy atom. The fourth-order valence-corrected chi connectivity index (χ4v) is 1.95. The molecule has 2 rings (SSSR count). The summed E-state index contributed by atoms with van der Waals surface area (Å²) in [5, 5.41) is 7.78. The summed E-state index contributed by atoms with van der Waals surface area (Å²) >= 11 is 0. The van der Waals surface area contributed by atoms with Gasteiger partial charge in [0.25, 0.3) is 5.91 Å². The molecule has 3 amide bonds. The van der Waals surface area contributed by atoms with Crippen LogP contribution >= 0.6 is 12.4 Å². The fourth-order valence-electron chi connectivity index (χ4n) is 1.95. The van der Waals surface area contributed by atoms with Crippen molar-refractivity contribution in [3.05, 3.63) is 18.2 Å². The molecule has 132 valence electrons. The summed E-state index contributed by atoms with van der Waals surface area (Å²) in [6.07, 6.45) is 0. The van der Waals surface area contributed by atoms with Crippen LogP contribution in [0, 0.1) is 5.92 Å². The van der Waals surface area contributed by atoms with Gasteiger partial charge in [0.1, 0.15) is 5.75 Å². The molecule has 1 aliphatic rings. The molecule has 0 bridgehead atoms. The summed E-state index contributed by atoms with van der Waals surface area (Å²) < 4.78 is 5.26. The number of nitrogens with two attached hydrogens (primary N) is 1. The first-order chi connectivity index (χ1) is 10.9. The van der Waals surface area contributed by atoms with Crippen molar-refractivity contribution in [1.29, 1.82) is 0 Å². The van der Waals surface area contributed by atoms with Crippen LogP contribution in [0.15, 0.2) is 18.2 Å². The maximum Gasteiger partial charge on any atom is 0.262 e. The lowest BCUT2D eigenvalue weighted by Gasteiger charge is -2.19. The van der Waals surface area contributed by atoms with Crippen LogP contribution in [0.4, 0.5) is 11.4 Å². The van der Waals surface area contributed by atoms with Gasteiger partial charge in [0.2, 0.25) is 11.8 Å². The van der Waals surface area contributed by atoms with E-state index in [0.717, 1.165) is 0 Å². The average molecular weight is 357 g/mol. The third-order valence-corrected chi connectivity index (χ3v) is 3.34. The van der Waals surface area contributed by atoms with E-state index in [1.54, 1.807) is 18.2 Å². The number of benzene rings is 1. The van der Waals surface area contributed by atoms with E-state index in [2.05, 4.69) is 16.0 Å². The van der Waals surface area contributed by atoms with Crippen LogP contribution in [0.2, 0.25) is 0 Å². The van der Waals surface area contributed by atoms with E-state index in [0.29, 0.717) is 17.1 Å². The van der Waals surface area contributed by atoms with Crippen molar-refractivity contribution < 1.29 is 19.1 Å². The number of amides is 3. The number of hydrogen-bond acceptors (Lipinski definition) is 5. The lowest BCUT2D eigenvalue weighted by Crippen LogP contribution is -2.46. The normalized spacial score (nSPS) is 13.8.